The van der Waals surface area contributed by atoms with Gasteiger partial charge in [-0.15, -0.1) is 0 Å². The lowest BCUT2D eigenvalue weighted by molar-refractivity contribution is -0.134. The Kier molecular flexibility index (Phi) is 7.36. The van der Waals surface area contributed by atoms with E-state index < -0.39 is 12.1 Å². The second-order valence-electron chi connectivity index (χ2n) is 12.8. The topological polar surface area (TPSA) is 123 Å². The fourth-order valence-electron chi connectivity index (χ4n) is 7.35. The number of nitrogens with zero attached hydrogens (tertiary/aromatic N) is 7. The monoisotopic (exact) mass is 631 g/mol. The molecule has 3 aliphatic heterocycles. The Balaban J connectivity index is 0.884. The van der Waals surface area contributed by atoms with Gasteiger partial charge in [0.05, 0.1) is 23.5 Å². The van der Waals surface area contributed by atoms with Crippen LogP contribution < -0.4 is 10.2 Å². The predicted octanol–water partition coefficient (Wildman–Crippen LogP) is 4.17. The number of H-pyrrole nitrogens is 1. The first-order valence-corrected chi connectivity index (χ1v) is 15.9. The molecule has 2 bridgehead atoms. The van der Waals surface area contributed by atoms with Gasteiger partial charge in [-0.05, 0) is 80.1 Å². The van der Waals surface area contributed by atoms with Crippen molar-refractivity contribution in [2.75, 3.05) is 49.6 Å². The van der Waals surface area contributed by atoms with Crippen molar-refractivity contribution in [1.82, 2.24) is 34.9 Å². The van der Waals surface area contributed by atoms with E-state index >= 15 is 0 Å². The number of anilines is 2. The molecule has 2 N–H and O–H groups in total. The quantitative estimate of drug-likeness (QED) is 0.262. The molecule has 11 nitrogen and oxygen atoms in total. The Bertz CT molecular complexity index is 1920. The van der Waals surface area contributed by atoms with Crippen molar-refractivity contribution in [3.8, 4) is 22.6 Å². The lowest BCUT2D eigenvalue weighted by Gasteiger charge is -2.36. The summed E-state index contributed by atoms with van der Waals surface area (Å²) in [7, 11) is 0. The van der Waals surface area contributed by atoms with Gasteiger partial charge in [0, 0.05) is 78.4 Å². The number of likely N-dealkylation sites (tertiary alicyclic amines) is 2. The number of rotatable bonds is 8. The van der Waals surface area contributed by atoms with Crippen LogP contribution in [0, 0.1) is 5.41 Å². The summed E-state index contributed by atoms with van der Waals surface area (Å²) in [5.74, 6) is 0.364. The zero-order valence-corrected chi connectivity index (χ0v) is 25.7. The van der Waals surface area contributed by atoms with Gasteiger partial charge in [-0.2, -0.15) is 5.10 Å². The Hall–Kier alpha value is -5.23. The van der Waals surface area contributed by atoms with Crippen molar-refractivity contribution in [2.45, 2.75) is 24.9 Å². The second-order valence-corrected chi connectivity index (χ2v) is 12.8. The number of fused-ring (bicyclic) bond motifs is 3. The van der Waals surface area contributed by atoms with E-state index in [9.17, 15) is 14.0 Å². The first-order valence-electron chi connectivity index (χ1n) is 15.9. The zero-order valence-electron chi connectivity index (χ0n) is 25.7. The summed E-state index contributed by atoms with van der Waals surface area (Å²) in [6.45, 7) is 1.51. The molecule has 6 heterocycles. The predicted molar refractivity (Wildman–Crippen MR) is 176 cm³/mol. The van der Waals surface area contributed by atoms with Gasteiger partial charge in [-0.1, -0.05) is 0 Å². The van der Waals surface area contributed by atoms with Gasteiger partial charge in [0.2, 0.25) is 11.8 Å². The maximum Gasteiger partial charge on any atom is 0.237 e. The number of aromatic nitrogens is 5. The SMILES string of the molecule is O=C(CN1CCC(CF)(C(=O)Nc2ccc3[nH]nc(-c4ccncc4)c3c2)C1)N1C[C@@H]2C[C@H]1CN2c1ccc(-c2ncccn2)cc1. The lowest BCUT2D eigenvalue weighted by Crippen LogP contribution is -2.51. The molecule has 0 radical (unpaired) electrons. The first-order chi connectivity index (χ1) is 23.0. The number of pyridine rings is 1. The minimum atomic E-state index is -1.21. The van der Waals surface area contributed by atoms with Gasteiger partial charge >= 0.3 is 0 Å². The molecule has 0 spiro atoms. The van der Waals surface area contributed by atoms with E-state index in [4.69, 9.17) is 0 Å². The van der Waals surface area contributed by atoms with Crippen molar-refractivity contribution in [3.05, 3.63) is 85.5 Å². The normalized spacial score (nSPS) is 22.3. The Morgan fingerprint density at radius 3 is 2.51 bits per heavy atom. The molecule has 238 valence electrons. The highest BCUT2D eigenvalue weighted by atomic mass is 19.1. The number of carbonyl (C=O) groups excluding carboxylic acids is 2. The van der Waals surface area contributed by atoms with E-state index in [0.29, 0.717) is 31.0 Å². The lowest BCUT2D eigenvalue weighted by atomic mass is 9.87. The molecule has 47 heavy (non-hydrogen) atoms. The van der Waals surface area contributed by atoms with Crippen LogP contribution in [0.4, 0.5) is 15.8 Å². The summed E-state index contributed by atoms with van der Waals surface area (Å²) in [4.78, 5) is 46.0. The van der Waals surface area contributed by atoms with Crippen LogP contribution in [0.15, 0.2) is 85.5 Å². The third-order valence-electron chi connectivity index (χ3n) is 9.89. The number of halogens is 1. The highest BCUT2D eigenvalue weighted by Gasteiger charge is 2.48. The molecule has 2 aromatic carbocycles. The van der Waals surface area contributed by atoms with Crippen LogP contribution in [0.3, 0.4) is 0 Å². The van der Waals surface area contributed by atoms with Crippen LogP contribution >= 0.6 is 0 Å². The fraction of sp³-hybridized carbons (Fsp3) is 0.314. The molecule has 2 amide bonds. The summed E-state index contributed by atoms with van der Waals surface area (Å²) in [5.41, 5.74) is 3.93. The summed E-state index contributed by atoms with van der Waals surface area (Å²) in [5, 5.41) is 11.3. The van der Waals surface area contributed by atoms with Gasteiger partial charge in [0.25, 0.3) is 0 Å². The Morgan fingerprint density at radius 2 is 1.77 bits per heavy atom. The highest BCUT2D eigenvalue weighted by Crippen LogP contribution is 2.37. The van der Waals surface area contributed by atoms with E-state index in [1.807, 2.05) is 46.2 Å². The van der Waals surface area contributed by atoms with E-state index in [1.54, 1.807) is 36.9 Å². The number of benzene rings is 2. The second kappa shape index (κ2) is 11.8. The van der Waals surface area contributed by atoms with Crippen molar-refractivity contribution in [3.63, 3.8) is 0 Å². The number of alkyl halides is 1. The summed E-state index contributed by atoms with van der Waals surface area (Å²) in [6.07, 6.45) is 8.15. The summed E-state index contributed by atoms with van der Waals surface area (Å²) >= 11 is 0. The van der Waals surface area contributed by atoms with Crippen molar-refractivity contribution in [2.24, 2.45) is 5.41 Å². The van der Waals surface area contributed by atoms with E-state index in [0.717, 1.165) is 46.4 Å². The first kappa shape index (κ1) is 29.2. The highest BCUT2D eigenvalue weighted by molar-refractivity contribution is 6.00. The molecular formula is C35H34FN9O2. The number of hydrogen-bond donors (Lipinski definition) is 2. The van der Waals surface area contributed by atoms with Crippen molar-refractivity contribution in [1.29, 1.82) is 0 Å². The molecular weight excluding hydrogens is 597 g/mol. The molecule has 1 unspecified atom stereocenters. The molecule has 3 atom stereocenters. The number of piperazine rings is 1. The molecule has 0 saturated carbocycles. The van der Waals surface area contributed by atoms with Crippen LogP contribution in [0.25, 0.3) is 33.5 Å². The number of amides is 2. The number of nitrogens with one attached hydrogen (secondary N) is 2. The molecule has 0 aliphatic carbocycles. The number of hydrogen-bond acceptors (Lipinski definition) is 8. The largest absolute Gasteiger partial charge is 0.365 e. The molecule has 5 aromatic rings. The van der Waals surface area contributed by atoms with E-state index in [2.05, 4.69) is 47.5 Å². The minimum Gasteiger partial charge on any atom is -0.365 e. The standard InChI is InChI=1S/C35H34FN9O2/c36-21-35(34(47)40-25-4-7-30-29(16-25)32(42-41-30)23-8-13-37-14-9-23)10-15-43(22-35)20-31(46)45-19-27-17-28(45)18-44(27)26-5-2-24(3-6-26)33-38-11-1-12-39-33/h1-9,11-14,16,27-28H,10,15,17-22H2,(H,40,47)(H,41,42)/t27-,28-,35?/m0/s1. The maximum atomic E-state index is 14.6. The molecule has 3 fully saturated rings. The number of aromatic amines is 1. The third kappa shape index (κ3) is 5.38. The summed E-state index contributed by atoms with van der Waals surface area (Å²) in [6, 6.07) is 19.7. The van der Waals surface area contributed by atoms with Gasteiger partial charge in [0.15, 0.2) is 5.82 Å². The van der Waals surface area contributed by atoms with Crippen LogP contribution in [0.2, 0.25) is 0 Å². The smallest absolute Gasteiger partial charge is 0.237 e. The van der Waals surface area contributed by atoms with Crippen LogP contribution in [0.5, 0.6) is 0 Å². The molecule has 3 aromatic heterocycles. The maximum absolute atomic E-state index is 14.6. The third-order valence-corrected chi connectivity index (χ3v) is 9.89. The van der Waals surface area contributed by atoms with Crippen LogP contribution in [0.1, 0.15) is 12.8 Å². The summed E-state index contributed by atoms with van der Waals surface area (Å²) < 4.78 is 14.6. The molecule has 3 saturated heterocycles. The van der Waals surface area contributed by atoms with Crippen LogP contribution in [-0.4, -0.2) is 98.2 Å². The van der Waals surface area contributed by atoms with Crippen molar-refractivity contribution >= 4 is 34.1 Å². The Morgan fingerprint density at radius 1 is 0.957 bits per heavy atom. The molecule has 12 heteroatoms. The van der Waals surface area contributed by atoms with Gasteiger partial charge < -0.3 is 15.1 Å². The van der Waals surface area contributed by atoms with Gasteiger partial charge in [-0.3, -0.25) is 24.6 Å². The average molecular weight is 632 g/mol. The van der Waals surface area contributed by atoms with E-state index in [1.165, 1.54) is 0 Å². The number of carbonyl (C=O) groups is 2. The van der Waals surface area contributed by atoms with Crippen LogP contribution in [-0.2, 0) is 9.59 Å². The van der Waals surface area contributed by atoms with E-state index in [-0.39, 0.29) is 37.0 Å². The minimum absolute atomic E-state index is 0.0397. The molecule has 8 rings (SSSR count). The van der Waals surface area contributed by atoms with Gasteiger partial charge in [-0.25, -0.2) is 14.4 Å². The molecule has 3 aliphatic rings. The average Bonchev–Trinajstić information content (AvgIpc) is 3.93. The zero-order chi connectivity index (χ0) is 32.0. The van der Waals surface area contributed by atoms with Gasteiger partial charge in [0.1, 0.15) is 12.4 Å². The van der Waals surface area contributed by atoms with Crippen molar-refractivity contribution < 1.29 is 14.0 Å². The fourth-order valence-corrected chi connectivity index (χ4v) is 7.35. The Labute approximate surface area is 270 Å².